The van der Waals surface area contributed by atoms with Crippen molar-refractivity contribution in [1.82, 2.24) is 4.90 Å². The van der Waals surface area contributed by atoms with Crippen LogP contribution in [0.2, 0.25) is 0 Å². The molecule has 1 atom stereocenters. The quantitative estimate of drug-likeness (QED) is 0.887. The van der Waals surface area contributed by atoms with Gasteiger partial charge < -0.3 is 10.5 Å². The van der Waals surface area contributed by atoms with Crippen molar-refractivity contribution in [3.05, 3.63) is 35.4 Å². The molecule has 0 amide bonds. The molecular weight excluding hydrogens is 224 g/mol. The summed E-state index contributed by atoms with van der Waals surface area (Å²) in [6.07, 6.45) is 2.35. The Balaban J connectivity index is 2.05. The van der Waals surface area contributed by atoms with Crippen molar-refractivity contribution in [3.63, 3.8) is 0 Å². The van der Waals surface area contributed by atoms with Crippen LogP contribution < -0.4 is 5.73 Å². The number of benzene rings is 1. The molecule has 18 heavy (non-hydrogen) atoms. The van der Waals surface area contributed by atoms with Gasteiger partial charge in [0, 0.05) is 26.7 Å². The van der Waals surface area contributed by atoms with Gasteiger partial charge >= 0.3 is 0 Å². The molecule has 1 unspecified atom stereocenters. The molecule has 0 aliphatic carbocycles. The average molecular weight is 248 g/mol. The molecule has 1 heterocycles. The van der Waals surface area contributed by atoms with E-state index in [1.165, 1.54) is 17.5 Å². The molecule has 2 rings (SSSR count). The predicted octanol–water partition coefficient (Wildman–Crippen LogP) is 2.15. The monoisotopic (exact) mass is 248 g/mol. The first-order valence-corrected chi connectivity index (χ1v) is 6.71. The number of likely N-dealkylation sites (tertiary alicyclic amines) is 1. The van der Waals surface area contributed by atoms with Crippen molar-refractivity contribution in [1.29, 1.82) is 0 Å². The van der Waals surface area contributed by atoms with Crippen LogP contribution in [0.1, 0.15) is 30.9 Å². The summed E-state index contributed by atoms with van der Waals surface area (Å²) in [5, 5.41) is 0. The number of piperidine rings is 1. The van der Waals surface area contributed by atoms with Gasteiger partial charge in [0.15, 0.2) is 0 Å². The maximum Gasteiger partial charge on any atom is 0.0777 e. The summed E-state index contributed by atoms with van der Waals surface area (Å²) in [4.78, 5) is 2.47. The maximum atomic E-state index is 5.79. The Morgan fingerprint density at radius 3 is 2.72 bits per heavy atom. The van der Waals surface area contributed by atoms with E-state index in [0.717, 1.165) is 26.1 Å². The van der Waals surface area contributed by atoms with Crippen LogP contribution in [-0.2, 0) is 17.8 Å². The number of hydrogen-bond acceptors (Lipinski definition) is 3. The first-order valence-electron chi connectivity index (χ1n) is 6.71. The molecular formula is C15H24N2O. The summed E-state index contributed by atoms with van der Waals surface area (Å²) >= 11 is 0. The van der Waals surface area contributed by atoms with Gasteiger partial charge in [-0.25, -0.2) is 0 Å². The molecule has 3 heteroatoms. The second-order valence-electron chi connectivity index (χ2n) is 5.44. The summed E-state index contributed by atoms with van der Waals surface area (Å²) in [6, 6.07) is 8.45. The number of methoxy groups -OCH3 is 1. The van der Waals surface area contributed by atoms with Gasteiger partial charge in [-0.05, 0) is 37.4 Å². The van der Waals surface area contributed by atoms with Crippen LogP contribution >= 0.6 is 0 Å². The fraction of sp³-hybridized carbons (Fsp3) is 0.600. The first kappa shape index (κ1) is 13.5. The molecule has 1 aromatic carbocycles. The van der Waals surface area contributed by atoms with Gasteiger partial charge in [0.25, 0.3) is 0 Å². The van der Waals surface area contributed by atoms with Gasteiger partial charge in [0.05, 0.1) is 5.60 Å². The van der Waals surface area contributed by atoms with Gasteiger partial charge in [0.1, 0.15) is 0 Å². The van der Waals surface area contributed by atoms with E-state index in [1.807, 2.05) is 7.11 Å². The smallest absolute Gasteiger partial charge is 0.0777 e. The first-order chi connectivity index (χ1) is 8.67. The van der Waals surface area contributed by atoms with Crippen LogP contribution in [0.5, 0.6) is 0 Å². The molecule has 0 spiro atoms. The lowest BCUT2D eigenvalue weighted by atomic mass is 9.94. The Morgan fingerprint density at radius 2 is 2.06 bits per heavy atom. The van der Waals surface area contributed by atoms with E-state index in [1.54, 1.807) is 0 Å². The number of rotatable bonds is 4. The number of hydrogen-bond donors (Lipinski definition) is 1. The fourth-order valence-corrected chi connectivity index (χ4v) is 2.76. The van der Waals surface area contributed by atoms with Gasteiger partial charge in [-0.15, -0.1) is 0 Å². The van der Waals surface area contributed by atoms with Crippen molar-refractivity contribution in [2.24, 2.45) is 5.73 Å². The molecule has 100 valence electrons. The molecule has 0 radical (unpaired) electrons. The van der Waals surface area contributed by atoms with Crippen molar-refractivity contribution >= 4 is 0 Å². The zero-order valence-corrected chi connectivity index (χ0v) is 11.5. The van der Waals surface area contributed by atoms with Crippen LogP contribution in [0.25, 0.3) is 0 Å². The zero-order chi connectivity index (χ0) is 13.0. The van der Waals surface area contributed by atoms with Gasteiger partial charge in [-0.3, -0.25) is 4.90 Å². The molecule has 1 aliphatic rings. The lowest BCUT2D eigenvalue weighted by molar-refractivity contribution is -0.0527. The van der Waals surface area contributed by atoms with E-state index in [4.69, 9.17) is 10.5 Å². The van der Waals surface area contributed by atoms with Crippen LogP contribution in [0.4, 0.5) is 0 Å². The Hall–Kier alpha value is -0.900. The van der Waals surface area contributed by atoms with E-state index in [9.17, 15) is 0 Å². The minimum absolute atomic E-state index is 0.00983. The SMILES string of the molecule is COC1(C)CCCN(Cc2ccccc2CN)C1. The van der Waals surface area contributed by atoms with Gasteiger partial charge in [-0.2, -0.15) is 0 Å². The third-order valence-corrected chi connectivity index (χ3v) is 3.96. The Labute approximate surface area is 110 Å². The van der Waals surface area contributed by atoms with E-state index >= 15 is 0 Å². The van der Waals surface area contributed by atoms with E-state index in [2.05, 4.69) is 36.1 Å². The van der Waals surface area contributed by atoms with Crippen molar-refractivity contribution in [2.75, 3.05) is 20.2 Å². The normalized spacial score (nSPS) is 25.3. The van der Waals surface area contributed by atoms with Crippen LogP contribution in [0.3, 0.4) is 0 Å². The highest BCUT2D eigenvalue weighted by atomic mass is 16.5. The third kappa shape index (κ3) is 3.10. The minimum atomic E-state index is 0.00983. The lowest BCUT2D eigenvalue weighted by Crippen LogP contribution is -2.46. The predicted molar refractivity (Wildman–Crippen MR) is 74.3 cm³/mol. The Bertz CT molecular complexity index is 394. The summed E-state index contributed by atoms with van der Waals surface area (Å²) in [7, 11) is 1.82. The Kier molecular flexibility index (Phi) is 4.38. The standard InChI is InChI=1S/C15H24N2O/c1-15(18-2)8-5-9-17(12-15)11-14-7-4-3-6-13(14)10-16/h3-4,6-7H,5,8-12,16H2,1-2H3. The van der Waals surface area contributed by atoms with E-state index in [-0.39, 0.29) is 5.60 Å². The maximum absolute atomic E-state index is 5.79. The van der Waals surface area contributed by atoms with Crippen molar-refractivity contribution in [3.8, 4) is 0 Å². The molecule has 1 aromatic rings. The van der Waals surface area contributed by atoms with Crippen molar-refractivity contribution in [2.45, 2.75) is 38.5 Å². The molecule has 0 aromatic heterocycles. The fourth-order valence-electron chi connectivity index (χ4n) is 2.76. The minimum Gasteiger partial charge on any atom is -0.377 e. The van der Waals surface area contributed by atoms with Gasteiger partial charge in [0.2, 0.25) is 0 Å². The van der Waals surface area contributed by atoms with Crippen LogP contribution in [-0.4, -0.2) is 30.7 Å². The number of nitrogens with zero attached hydrogens (tertiary/aromatic N) is 1. The summed E-state index contributed by atoms with van der Waals surface area (Å²) < 4.78 is 5.64. The van der Waals surface area contributed by atoms with Crippen LogP contribution in [0, 0.1) is 0 Å². The highest BCUT2D eigenvalue weighted by molar-refractivity contribution is 5.26. The second kappa shape index (κ2) is 5.83. The summed E-state index contributed by atoms with van der Waals surface area (Å²) in [5.41, 5.74) is 8.40. The highest BCUT2D eigenvalue weighted by Crippen LogP contribution is 2.25. The average Bonchev–Trinajstić information content (AvgIpc) is 2.39. The van der Waals surface area contributed by atoms with E-state index in [0.29, 0.717) is 6.54 Å². The molecule has 2 N–H and O–H groups in total. The topological polar surface area (TPSA) is 38.5 Å². The third-order valence-electron chi connectivity index (χ3n) is 3.96. The number of ether oxygens (including phenoxy) is 1. The molecule has 3 nitrogen and oxygen atoms in total. The largest absolute Gasteiger partial charge is 0.377 e. The zero-order valence-electron chi connectivity index (χ0n) is 11.5. The summed E-state index contributed by atoms with van der Waals surface area (Å²) in [5.74, 6) is 0. The summed E-state index contributed by atoms with van der Waals surface area (Å²) in [6.45, 7) is 5.95. The second-order valence-corrected chi connectivity index (χ2v) is 5.44. The van der Waals surface area contributed by atoms with Crippen molar-refractivity contribution < 1.29 is 4.74 Å². The molecule has 0 saturated carbocycles. The highest BCUT2D eigenvalue weighted by Gasteiger charge is 2.30. The molecule has 0 bridgehead atoms. The lowest BCUT2D eigenvalue weighted by Gasteiger charge is -2.39. The molecule has 1 saturated heterocycles. The molecule has 1 aliphatic heterocycles. The number of nitrogens with two attached hydrogens (primary N) is 1. The van der Waals surface area contributed by atoms with E-state index < -0.39 is 0 Å². The van der Waals surface area contributed by atoms with Crippen LogP contribution in [0.15, 0.2) is 24.3 Å². The molecule has 1 fully saturated rings. The Morgan fingerprint density at radius 1 is 1.33 bits per heavy atom. The van der Waals surface area contributed by atoms with Gasteiger partial charge in [-0.1, -0.05) is 24.3 Å².